The quantitative estimate of drug-likeness (QED) is 0.773. The van der Waals surface area contributed by atoms with Gasteiger partial charge in [-0.3, -0.25) is 0 Å². The Balaban J connectivity index is 2.75. The molecule has 5 nitrogen and oxygen atoms in total. The van der Waals surface area contributed by atoms with Crippen molar-refractivity contribution in [2.24, 2.45) is 11.3 Å². The molecule has 1 amide bonds. The zero-order valence-electron chi connectivity index (χ0n) is 12.2. The number of carbonyl (C=O) groups is 1. The highest BCUT2D eigenvalue weighted by Crippen LogP contribution is 2.41. The van der Waals surface area contributed by atoms with E-state index in [2.05, 4.69) is 6.58 Å². The summed E-state index contributed by atoms with van der Waals surface area (Å²) in [6.07, 6.45) is 1.74. The van der Waals surface area contributed by atoms with Gasteiger partial charge in [-0.25, -0.2) is 4.79 Å². The summed E-state index contributed by atoms with van der Waals surface area (Å²) in [6.45, 7) is 10.1. The maximum absolute atomic E-state index is 10.9. The molecular formula is C14H25NO4. The van der Waals surface area contributed by atoms with Gasteiger partial charge in [0.05, 0.1) is 12.6 Å². The van der Waals surface area contributed by atoms with Crippen LogP contribution < -0.4 is 0 Å². The van der Waals surface area contributed by atoms with Crippen LogP contribution in [-0.2, 0) is 4.74 Å². The highest BCUT2D eigenvalue weighted by Gasteiger charge is 2.46. The molecule has 110 valence electrons. The van der Waals surface area contributed by atoms with Gasteiger partial charge in [0.15, 0.2) is 5.79 Å². The average molecular weight is 271 g/mol. The van der Waals surface area contributed by atoms with Crippen molar-refractivity contribution in [3.8, 4) is 0 Å². The molecule has 0 aromatic carbocycles. The summed E-state index contributed by atoms with van der Waals surface area (Å²) >= 11 is 0. The fourth-order valence-corrected chi connectivity index (χ4v) is 2.69. The molecule has 0 saturated carbocycles. The molecule has 2 unspecified atom stereocenters. The fraction of sp³-hybridized carbons (Fsp3) is 0.786. The smallest absolute Gasteiger partial charge is 0.407 e. The number of likely N-dealkylation sites (N-methyl/N-ethyl adjacent to an activating group) is 1. The first-order chi connectivity index (χ1) is 8.62. The molecule has 19 heavy (non-hydrogen) atoms. The van der Waals surface area contributed by atoms with Gasteiger partial charge in [-0.05, 0) is 11.8 Å². The number of amides is 1. The largest absolute Gasteiger partial charge is 0.465 e. The number of hydrogen-bond acceptors (Lipinski definition) is 3. The number of nitrogens with zero attached hydrogens (tertiary/aromatic N) is 1. The van der Waals surface area contributed by atoms with Crippen LogP contribution in [0.3, 0.4) is 0 Å². The molecule has 1 heterocycles. The highest BCUT2D eigenvalue weighted by molar-refractivity contribution is 5.64. The molecule has 3 atom stereocenters. The average Bonchev–Trinajstić information content (AvgIpc) is 2.27. The Morgan fingerprint density at radius 2 is 2.16 bits per heavy atom. The van der Waals surface area contributed by atoms with Gasteiger partial charge in [0.2, 0.25) is 0 Å². The number of ether oxygens (including phenoxy) is 1. The summed E-state index contributed by atoms with van der Waals surface area (Å²) < 4.78 is 5.61. The van der Waals surface area contributed by atoms with E-state index in [9.17, 15) is 9.90 Å². The van der Waals surface area contributed by atoms with Crippen LogP contribution in [0.15, 0.2) is 12.7 Å². The Hall–Kier alpha value is -1.07. The van der Waals surface area contributed by atoms with Gasteiger partial charge < -0.3 is 19.8 Å². The molecule has 0 aromatic rings. The summed E-state index contributed by atoms with van der Waals surface area (Å²) in [6, 6.07) is -0.205. The van der Waals surface area contributed by atoms with Crippen molar-refractivity contribution in [2.45, 2.75) is 45.4 Å². The minimum Gasteiger partial charge on any atom is -0.465 e. The van der Waals surface area contributed by atoms with Crippen LogP contribution in [0.1, 0.15) is 33.6 Å². The standard InChI is InChI=1S/C14H25NO4/c1-6-11(13(2,3)4)14(18)8-7-10(9-19-14)15(5)12(16)17/h6,10-11,18H,1,7-9H2,2-5H3,(H,16,17)/t10-,11?,14?/m1/s1. The van der Waals surface area contributed by atoms with Crippen LogP contribution in [0.4, 0.5) is 4.79 Å². The van der Waals surface area contributed by atoms with Gasteiger partial charge in [0.25, 0.3) is 0 Å². The van der Waals surface area contributed by atoms with Crippen molar-refractivity contribution < 1.29 is 19.7 Å². The van der Waals surface area contributed by atoms with Gasteiger partial charge in [-0.15, -0.1) is 6.58 Å². The van der Waals surface area contributed by atoms with Crippen LogP contribution >= 0.6 is 0 Å². The molecule has 1 aliphatic rings. The Kier molecular flexibility index (Phi) is 4.63. The molecule has 0 aromatic heterocycles. The number of carboxylic acid groups (broad SMARTS) is 1. The van der Waals surface area contributed by atoms with Gasteiger partial charge >= 0.3 is 6.09 Å². The van der Waals surface area contributed by atoms with Gasteiger partial charge in [-0.1, -0.05) is 26.8 Å². The van der Waals surface area contributed by atoms with E-state index in [0.29, 0.717) is 12.8 Å². The third-order valence-electron chi connectivity index (χ3n) is 3.87. The van der Waals surface area contributed by atoms with Gasteiger partial charge in [-0.2, -0.15) is 0 Å². The lowest BCUT2D eigenvalue weighted by Crippen LogP contribution is -2.53. The molecule has 0 aliphatic carbocycles. The van der Waals surface area contributed by atoms with Gasteiger partial charge in [0, 0.05) is 19.4 Å². The molecule has 1 aliphatic heterocycles. The van der Waals surface area contributed by atoms with Crippen molar-refractivity contribution >= 4 is 6.09 Å². The maximum Gasteiger partial charge on any atom is 0.407 e. The first-order valence-electron chi connectivity index (χ1n) is 6.56. The molecule has 2 N–H and O–H groups in total. The summed E-state index contributed by atoms with van der Waals surface area (Å²) in [7, 11) is 1.52. The molecule has 0 bridgehead atoms. The van der Waals surface area contributed by atoms with E-state index in [0.717, 1.165) is 0 Å². The van der Waals surface area contributed by atoms with Crippen molar-refractivity contribution in [1.82, 2.24) is 4.90 Å². The van der Waals surface area contributed by atoms with E-state index in [1.807, 2.05) is 20.8 Å². The number of rotatable bonds is 3. The summed E-state index contributed by atoms with van der Waals surface area (Å²) in [4.78, 5) is 12.1. The second-order valence-corrected chi connectivity index (χ2v) is 6.32. The maximum atomic E-state index is 10.9. The number of aliphatic hydroxyl groups is 1. The van der Waals surface area contributed by atoms with Crippen molar-refractivity contribution in [1.29, 1.82) is 0 Å². The van der Waals surface area contributed by atoms with E-state index in [1.165, 1.54) is 11.9 Å². The molecule has 0 spiro atoms. The van der Waals surface area contributed by atoms with Crippen molar-refractivity contribution in [2.75, 3.05) is 13.7 Å². The van der Waals surface area contributed by atoms with E-state index >= 15 is 0 Å². The third kappa shape index (κ3) is 3.48. The van der Waals surface area contributed by atoms with E-state index in [-0.39, 0.29) is 24.0 Å². The van der Waals surface area contributed by atoms with E-state index < -0.39 is 11.9 Å². The zero-order valence-corrected chi connectivity index (χ0v) is 12.2. The monoisotopic (exact) mass is 271 g/mol. The van der Waals surface area contributed by atoms with E-state index in [1.54, 1.807) is 6.08 Å². The minimum absolute atomic E-state index is 0.165. The first-order valence-corrected chi connectivity index (χ1v) is 6.56. The molecule has 5 heteroatoms. The normalized spacial score (nSPS) is 29.6. The fourth-order valence-electron chi connectivity index (χ4n) is 2.69. The van der Waals surface area contributed by atoms with Crippen LogP contribution in [0.5, 0.6) is 0 Å². The predicted molar refractivity (Wildman–Crippen MR) is 72.9 cm³/mol. The molecule has 1 rings (SSSR count). The number of hydrogen-bond donors (Lipinski definition) is 2. The van der Waals surface area contributed by atoms with Crippen LogP contribution in [0.2, 0.25) is 0 Å². The minimum atomic E-state index is -1.25. The highest BCUT2D eigenvalue weighted by atomic mass is 16.6. The van der Waals surface area contributed by atoms with Gasteiger partial charge in [0.1, 0.15) is 0 Å². The third-order valence-corrected chi connectivity index (χ3v) is 3.87. The summed E-state index contributed by atoms with van der Waals surface area (Å²) in [5, 5.41) is 19.6. The van der Waals surface area contributed by atoms with Crippen LogP contribution in [-0.4, -0.2) is 46.7 Å². The molecular weight excluding hydrogens is 246 g/mol. The predicted octanol–water partition coefficient (Wildman–Crippen LogP) is 2.31. The lowest BCUT2D eigenvalue weighted by Gasteiger charge is -2.46. The zero-order chi connectivity index (χ0) is 14.8. The second-order valence-electron chi connectivity index (χ2n) is 6.32. The van der Waals surface area contributed by atoms with E-state index in [4.69, 9.17) is 9.84 Å². The summed E-state index contributed by atoms with van der Waals surface area (Å²) in [5.74, 6) is -1.45. The Labute approximate surface area is 114 Å². The molecule has 1 fully saturated rings. The van der Waals surface area contributed by atoms with Crippen LogP contribution in [0.25, 0.3) is 0 Å². The van der Waals surface area contributed by atoms with Crippen molar-refractivity contribution in [3.05, 3.63) is 12.7 Å². The lowest BCUT2D eigenvalue weighted by atomic mass is 9.73. The summed E-state index contributed by atoms with van der Waals surface area (Å²) in [5.41, 5.74) is -0.165. The Morgan fingerprint density at radius 1 is 1.58 bits per heavy atom. The van der Waals surface area contributed by atoms with Crippen LogP contribution in [0, 0.1) is 11.3 Å². The Bertz CT molecular complexity index is 340. The Morgan fingerprint density at radius 3 is 2.47 bits per heavy atom. The lowest BCUT2D eigenvalue weighted by molar-refractivity contribution is -0.270. The molecule has 1 saturated heterocycles. The second kappa shape index (κ2) is 5.51. The topological polar surface area (TPSA) is 70.0 Å². The molecule has 0 radical (unpaired) electrons. The first kappa shape index (κ1) is 16.0. The SMILES string of the molecule is C=CC(C(C)(C)C)C1(O)CC[C@@H](N(C)C(=O)O)CO1. The van der Waals surface area contributed by atoms with Crippen molar-refractivity contribution in [3.63, 3.8) is 0 Å².